The molecular weight excluding hydrogens is 228 g/mol. The third-order valence-corrected chi connectivity index (χ3v) is 5.95. The predicted octanol–water partition coefficient (Wildman–Crippen LogP) is -0.475. The Morgan fingerprint density at radius 2 is 1.94 bits per heavy atom. The molecule has 1 unspecified atom stereocenters. The van der Waals surface area contributed by atoms with Crippen LogP contribution in [0.3, 0.4) is 0 Å². The Balaban J connectivity index is 1.95. The van der Waals surface area contributed by atoms with Gasteiger partial charge in [0.25, 0.3) is 0 Å². The first-order valence-corrected chi connectivity index (χ1v) is 7.50. The van der Waals surface area contributed by atoms with Crippen LogP contribution < -0.4 is 5.32 Å². The monoisotopic (exact) mass is 248 g/mol. The third-order valence-electron chi connectivity index (χ3n) is 3.54. The lowest BCUT2D eigenvalue weighted by atomic mass is 9.92. The van der Waals surface area contributed by atoms with Gasteiger partial charge in [-0.1, -0.05) is 0 Å². The molecule has 1 aliphatic heterocycles. The largest absolute Gasteiger partial charge is 0.395 e. The van der Waals surface area contributed by atoms with Crippen LogP contribution in [0.1, 0.15) is 25.7 Å². The van der Waals surface area contributed by atoms with Crippen molar-refractivity contribution in [2.75, 3.05) is 26.2 Å². The average Bonchev–Trinajstić information content (AvgIpc) is 2.69. The summed E-state index contributed by atoms with van der Waals surface area (Å²) in [5.74, 6) is 0. The molecule has 0 radical (unpaired) electrons. The molecule has 2 fully saturated rings. The van der Waals surface area contributed by atoms with E-state index in [1.807, 2.05) is 0 Å². The van der Waals surface area contributed by atoms with Crippen molar-refractivity contribution >= 4 is 10.0 Å². The van der Waals surface area contributed by atoms with Crippen LogP contribution >= 0.6 is 0 Å². The van der Waals surface area contributed by atoms with Gasteiger partial charge in [-0.25, -0.2) is 12.7 Å². The maximum Gasteiger partial charge on any atom is 0.218 e. The van der Waals surface area contributed by atoms with Crippen molar-refractivity contribution in [1.82, 2.24) is 9.62 Å². The molecule has 5 nitrogen and oxygen atoms in total. The van der Waals surface area contributed by atoms with E-state index in [0.29, 0.717) is 19.6 Å². The van der Waals surface area contributed by atoms with E-state index < -0.39 is 10.0 Å². The van der Waals surface area contributed by atoms with Crippen molar-refractivity contribution in [1.29, 1.82) is 0 Å². The minimum atomic E-state index is -3.09. The molecule has 6 heteroatoms. The van der Waals surface area contributed by atoms with Crippen molar-refractivity contribution in [2.24, 2.45) is 0 Å². The summed E-state index contributed by atoms with van der Waals surface area (Å²) in [6.45, 7) is 1.92. The Hall–Kier alpha value is -0.170. The predicted molar refractivity (Wildman–Crippen MR) is 61.6 cm³/mol. The Morgan fingerprint density at radius 1 is 1.25 bits per heavy atom. The number of nitrogens with zero attached hydrogens (tertiary/aromatic N) is 1. The zero-order chi connectivity index (χ0) is 11.6. The van der Waals surface area contributed by atoms with Crippen LogP contribution in [0, 0.1) is 0 Å². The number of aliphatic hydroxyl groups excluding tert-OH is 1. The summed E-state index contributed by atoms with van der Waals surface area (Å²) in [5, 5.41) is 11.5. The van der Waals surface area contributed by atoms with Crippen molar-refractivity contribution < 1.29 is 13.5 Å². The van der Waals surface area contributed by atoms with E-state index in [4.69, 9.17) is 5.11 Å². The second kappa shape index (κ2) is 5.00. The van der Waals surface area contributed by atoms with Crippen LogP contribution in [0.25, 0.3) is 0 Å². The highest BCUT2D eigenvalue weighted by molar-refractivity contribution is 7.89. The van der Waals surface area contributed by atoms with E-state index in [-0.39, 0.29) is 17.9 Å². The van der Waals surface area contributed by atoms with Gasteiger partial charge in [0.1, 0.15) is 0 Å². The highest BCUT2D eigenvalue weighted by Gasteiger charge is 2.43. The number of nitrogens with one attached hydrogen (secondary N) is 1. The lowest BCUT2D eigenvalue weighted by Gasteiger charge is -2.38. The van der Waals surface area contributed by atoms with Gasteiger partial charge in [0.05, 0.1) is 11.9 Å². The van der Waals surface area contributed by atoms with E-state index in [1.165, 1.54) is 0 Å². The van der Waals surface area contributed by atoms with Crippen molar-refractivity contribution in [2.45, 2.75) is 37.0 Å². The zero-order valence-corrected chi connectivity index (χ0v) is 10.2. The molecule has 0 spiro atoms. The molecule has 2 atom stereocenters. The van der Waals surface area contributed by atoms with Gasteiger partial charge in [-0.3, -0.25) is 0 Å². The maximum atomic E-state index is 12.2. The summed E-state index contributed by atoms with van der Waals surface area (Å²) in [5.41, 5.74) is 0. The maximum absolute atomic E-state index is 12.2. The summed E-state index contributed by atoms with van der Waals surface area (Å²) < 4.78 is 26.1. The number of hydrogen-bond acceptors (Lipinski definition) is 4. The second-order valence-electron chi connectivity index (χ2n) is 4.55. The normalized spacial score (nSPS) is 31.6. The van der Waals surface area contributed by atoms with Gasteiger partial charge in [0.15, 0.2) is 0 Å². The van der Waals surface area contributed by atoms with Crippen molar-refractivity contribution in [3.63, 3.8) is 0 Å². The summed E-state index contributed by atoms with van der Waals surface area (Å²) in [6, 6.07) is 0.0396. The first kappa shape index (κ1) is 12.3. The molecule has 0 amide bonds. The molecule has 1 saturated heterocycles. The Morgan fingerprint density at radius 3 is 2.44 bits per heavy atom. The minimum absolute atomic E-state index is 0.0396. The molecule has 1 aliphatic carbocycles. The van der Waals surface area contributed by atoms with Gasteiger partial charge < -0.3 is 10.4 Å². The molecule has 0 aromatic rings. The van der Waals surface area contributed by atoms with E-state index >= 15 is 0 Å². The van der Waals surface area contributed by atoms with Gasteiger partial charge in [0, 0.05) is 25.7 Å². The summed E-state index contributed by atoms with van der Waals surface area (Å²) in [6.07, 6.45) is 3.63. The number of sulfonamides is 1. The van der Waals surface area contributed by atoms with Gasteiger partial charge >= 0.3 is 0 Å². The topological polar surface area (TPSA) is 69.6 Å². The average molecular weight is 248 g/mol. The molecule has 0 aromatic carbocycles. The highest BCUT2D eigenvalue weighted by atomic mass is 32.2. The Bertz CT molecular complexity index is 325. The molecule has 2 N–H and O–H groups in total. The van der Waals surface area contributed by atoms with Crippen LogP contribution in [0.5, 0.6) is 0 Å². The Labute approximate surface area is 96.9 Å². The van der Waals surface area contributed by atoms with Crippen molar-refractivity contribution in [3.8, 4) is 0 Å². The number of aliphatic hydroxyl groups is 1. The van der Waals surface area contributed by atoms with Gasteiger partial charge in [-0.2, -0.15) is 0 Å². The molecule has 0 aromatic heterocycles. The molecule has 1 saturated carbocycles. The van der Waals surface area contributed by atoms with Crippen LogP contribution in [0.2, 0.25) is 0 Å². The quantitative estimate of drug-likeness (QED) is 0.690. The highest BCUT2D eigenvalue weighted by Crippen LogP contribution is 2.30. The van der Waals surface area contributed by atoms with Gasteiger partial charge in [-0.05, 0) is 25.7 Å². The van der Waals surface area contributed by atoms with Crippen LogP contribution in [0.4, 0.5) is 0 Å². The summed E-state index contributed by atoms with van der Waals surface area (Å²) in [4.78, 5) is 0. The van der Waals surface area contributed by atoms with E-state index in [9.17, 15) is 8.42 Å². The van der Waals surface area contributed by atoms with E-state index in [2.05, 4.69) is 5.32 Å². The van der Waals surface area contributed by atoms with Crippen LogP contribution in [-0.4, -0.2) is 55.4 Å². The van der Waals surface area contributed by atoms with E-state index in [1.54, 1.807) is 4.31 Å². The molecule has 1 heterocycles. The number of rotatable bonds is 5. The molecule has 2 aliphatic rings. The van der Waals surface area contributed by atoms with Crippen LogP contribution in [0.15, 0.2) is 0 Å². The SMILES string of the molecule is O=S(=O)([C@@H]1CCC1NCCO)N1CCCC1. The molecular formula is C10H20N2O3S. The van der Waals surface area contributed by atoms with Crippen molar-refractivity contribution in [3.05, 3.63) is 0 Å². The number of hydrogen-bond donors (Lipinski definition) is 2. The fourth-order valence-electron chi connectivity index (χ4n) is 2.44. The minimum Gasteiger partial charge on any atom is -0.395 e. The summed E-state index contributed by atoms with van der Waals surface area (Å²) >= 11 is 0. The summed E-state index contributed by atoms with van der Waals surface area (Å²) in [7, 11) is -3.09. The molecule has 94 valence electrons. The van der Waals surface area contributed by atoms with E-state index in [0.717, 1.165) is 25.7 Å². The second-order valence-corrected chi connectivity index (χ2v) is 6.70. The zero-order valence-electron chi connectivity index (χ0n) is 9.43. The Kier molecular flexibility index (Phi) is 3.84. The molecule has 16 heavy (non-hydrogen) atoms. The standard InChI is InChI=1S/C10H20N2O3S/c13-8-5-11-9-3-4-10(9)16(14,15)12-6-1-2-7-12/h9-11,13H,1-8H2/t9?,10-/m1/s1. The van der Waals surface area contributed by atoms with Gasteiger partial charge in [-0.15, -0.1) is 0 Å². The lowest BCUT2D eigenvalue weighted by Crippen LogP contribution is -2.55. The molecule has 2 rings (SSSR count). The molecule has 0 bridgehead atoms. The first-order valence-electron chi connectivity index (χ1n) is 5.99. The fraction of sp³-hybridized carbons (Fsp3) is 1.00. The third kappa shape index (κ3) is 2.25. The first-order chi connectivity index (χ1) is 7.66. The van der Waals surface area contributed by atoms with Gasteiger partial charge in [0.2, 0.25) is 10.0 Å². The smallest absolute Gasteiger partial charge is 0.218 e. The fourth-order valence-corrected chi connectivity index (χ4v) is 4.67. The lowest BCUT2D eigenvalue weighted by molar-refractivity contribution is 0.258. The van der Waals surface area contributed by atoms with Crippen LogP contribution in [-0.2, 0) is 10.0 Å².